The Morgan fingerprint density at radius 3 is 1.09 bits per heavy atom. The van der Waals surface area contributed by atoms with Crippen LogP contribution in [0.5, 0.6) is 34.5 Å². The van der Waals surface area contributed by atoms with Crippen molar-refractivity contribution in [2.24, 2.45) is 4.90 Å². The topological polar surface area (TPSA) is 188 Å². The van der Waals surface area contributed by atoms with Gasteiger partial charge in [-0.25, -0.2) is 0 Å². The minimum atomic E-state index is -1.37. The number of ether oxygens (including phenoxy) is 8. The standard InChI is InChI=1S/C66H64BN3O13S2/c1-75-54-32-28-52(29-33-54)65(48-18-10-6-11-19-48,49-20-12-7-13-21-49)84-40-38-60(71)82-56-36-26-46(42-58(56)77-3)44-80-63(73)68-62(70-67-79-5)69-64(74)81-45-47-27-37-57(59(43-47)78-4)83-61(72)39-41-85-66(50-22-14-8-15-23-50,51-24-16-9-17-25-51)53-30-34-55(76-2)35-31-53/h6-37,42-43,62H,38-41,44-45H2,1-5H3,(H,68,73)(H,69,74). The molecular formula is C66H64BN3O13S2. The monoisotopic (exact) mass is 1180 g/mol. The van der Waals surface area contributed by atoms with E-state index >= 15 is 0 Å². The molecule has 0 radical (unpaired) electrons. The number of rotatable bonds is 28. The zero-order valence-corrected chi connectivity index (χ0v) is 49.2. The van der Waals surface area contributed by atoms with E-state index in [1.54, 1.807) is 74.1 Å². The number of methoxy groups -OCH3 is 4. The number of nitrogens with one attached hydrogen (secondary N) is 2. The first-order valence-corrected chi connectivity index (χ1v) is 28.9. The second-order valence-corrected chi connectivity index (χ2v) is 21.4. The molecular weight excluding hydrogens is 1120 g/mol. The Hall–Kier alpha value is -9.20. The van der Waals surface area contributed by atoms with Crippen molar-refractivity contribution in [3.8, 4) is 34.5 Å². The normalized spacial score (nSPS) is 11.2. The summed E-state index contributed by atoms with van der Waals surface area (Å²) >= 11 is 3.25. The molecule has 85 heavy (non-hydrogen) atoms. The Labute approximate surface area is 503 Å². The Morgan fingerprint density at radius 1 is 0.435 bits per heavy atom. The summed E-state index contributed by atoms with van der Waals surface area (Å²) in [5.41, 5.74) is 7.26. The number of esters is 2. The number of hydrogen-bond acceptors (Lipinski definition) is 16. The molecule has 2 amide bonds. The van der Waals surface area contributed by atoms with Gasteiger partial charge in [0.2, 0.25) is 0 Å². The van der Waals surface area contributed by atoms with Crippen molar-refractivity contribution in [2.75, 3.05) is 47.1 Å². The molecule has 0 aromatic heterocycles. The fourth-order valence-electron chi connectivity index (χ4n) is 9.37. The van der Waals surface area contributed by atoms with Crippen molar-refractivity contribution < 1.29 is 61.7 Å². The Kier molecular flexibility index (Phi) is 22.5. The van der Waals surface area contributed by atoms with Crippen LogP contribution >= 0.6 is 23.5 Å². The number of hydrogen-bond donors (Lipinski definition) is 2. The van der Waals surface area contributed by atoms with Crippen LogP contribution in [0.1, 0.15) is 57.3 Å². The summed E-state index contributed by atoms with van der Waals surface area (Å²) in [5, 5.41) is 4.89. The van der Waals surface area contributed by atoms with Crippen molar-refractivity contribution in [3.05, 3.63) is 251 Å². The average Bonchev–Trinajstić information content (AvgIpc) is 1.45. The summed E-state index contributed by atoms with van der Waals surface area (Å²) < 4.78 is 48.3. The van der Waals surface area contributed by atoms with Gasteiger partial charge < -0.3 is 9.47 Å². The van der Waals surface area contributed by atoms with Gasteiger partial charge in [-0.05, 0) is 57.6 Å². The minimum absolute atomic E-state index is 0.0764. The van der Waals surface area contributed by atoms with E-state index in [0.717, 1.165) is 52.2 Å². The molecule has 0 saturated carbocycles. The van der Waals surface area contributed by atoms with Gasteiger partial charge >= 0.3 is 201 Å². The first-order chi connectivity index (χ1) is 41.5. The number of carbonyl (C=O) groups is 4. The first-order valence-electron chi connectivity index (χ1n) is 27.0. The van der Waals surface area contributed by atoms with Crippen molar-refractivity contribution >= 4 is 54.9 Å². The second-order valence-electron chi connectivity index (χ2n) is 18.7. The van der Waals surface area contributed by atoms with Crippen LogP contribution in [0.3, 0.4) is 0 Å². The number of alkyl carbamates (subject to hydrolysis) is 2. The fraction of sp³-hybridized carbons (Fsp3) is 0.212. The molecule has 8 aromatic carbocycles. The van der Waals surface area contributed by atoms with Gasteiger partial charge in [0.05, 0.1) is 36.6 Å². The quantitative estimate of drug-likeness (QED) is 0.0155. The van der Waals surface area contributed by atoms with E-state index < -0.39 is 39.9 Å². The summed E-state index contributed by atoms with van der Waals surface area (Å²) in [6, 6.07) is 66.1. The Balaban J connectivity index is 0.819. The predicted octanol–water partition coefficient (Wildman–Crippen LogP) is 12.6. The van der Waals surface area contributed by atoms with Crippen LogP contribution in [0.25, 0.3) is 0 Å². The van der Waals surface area contributed by atoms with Crippen LogP contribution in [0, 0.1) is 0 Å². The third kappa shape index (κ3) is 16.1. The maximum atomic E-state index is 13.5. The van der Waals surface area contributed by atoms with E-state index in [9.17, 15) is 19.2 Å². The summed E-state index contributed by atoms with van der Waals surface area (Å²) in [7, 11) is 8.50. The van der Waals surface area contributed by atoms with Gasteiger partial charge in [0.25, 0.3) is 0 Å². The molecule has 0 spiro atoms. The number of benzene rings is 8. The molecule has 0 heterocycles. The molecule has 0 atom stereocenters. The van der Waals surface area contributed by atoms with Gasteiger partial charge in [-0.3, -0.25) is 9.59 Å². The number of amides is 2. The van der Waals surface area contributed by atoms with E-state index in [-0.39, 0.29) is 49.1 Å². The van der Waals surface area contributed by atoms with Gasteiger partial charge in [0.1, 0.15) is 11.5 Å². The molecule has 0 aliphatic carbocycles. The van der Waals surface area contributed by atoms with Gasteiger partial charge in [0, 0.05) is 11.5 Å². The van der Waals surface area contributed by atoms with Crippen LogP contribution in [0.4, 0.5) is 9.59 Å². The van der Waals surface area contributed by atoms with Crippen molar-refractivity contribution in [1.82, 2.24) is 10.6 Å². The molecule has 16 nitrogen and oxygen atoms in total. The van der Waals surface area contributed by atoms with Crippen molar-refractivity contribution in [1.29, 1.82) is 0 Å². The third-order valence-corrected chi connectivity index (χ3v) is 16.5. The molecule has 436 valence electrons. The Morgan fingerprint density at radius 2 is 0.776 bits per heavy atom. The van der Waals surface area contributed by atoms with Crippen LogP contribution in [-0.4, -0.2) is 84.7 Å². The summed E-state index contributed by atoms with van der Waals surface area (Å²) in [6.45, 7) is -0.463. The maximum absolute atomic E-state index is 13.5. The van der Waals surface area contributed by atoms with Gasteiger partial charge in [0.15, 0.2) is 0 Å². The van der Waals surface area contributed by atoms with Crippen molar-refractivity contribution in [3.63, 3.8) is 0 Å². The van der Waals surface area contributed by atoms with Gasteiger partial charge in [-0.15, -0.1) is 23.5 Å². The van der Waals surface area contributed by atoms with Crippen molar-refractivity contribution in [2.45, 2.75) is 41.8 Å². The molecule has 0 aliphatic heterocycles. The summed E-state index contributed by atoms with van der Waals surface area (Å²) in [4.78, 5) is 57.1. The molecule has 8 rings (SSSR count). The first kappa shape index (κ1) is 61.9. The fourth-order valence-corrected chi connectivity index (χ4v) is 12.3. The molecule has 0 saturated heterocycles. The molecule has 0 fully saturated rings. The van der Waals surface area contributed by atoms with E-state index in [4.69, 9.17) is 42.5 Å². The number of nitrogens with zero attached hydrogens (tertiary/aromatic N) is 1. The van der Waals surface area contributed by atoms with Crippen LogP contribution in [0.2, 0.25) is 0 Å². The zero-order chi connectivity index (χ0) is 59.9. The van der Waals surface area contributed by atoms with Crippen LogP contribution in [-0.2, 0) is 46.4 Å². The second kappa shape index (κ2) is 30.9. The zero-order valence-electron chi connectivity index (χ0n) is 47.6. The molecule has 0 unspecified atom stereocenters. The van der Waals surface area contributed by atoms with Crippen LogP contribution in [0.15, 0.2) is 211 Å². The van der Waals surface area contributed by atoms with Gasteiger partial charge in [-0.1, -0.05) is 146 Å². The van der Waals surface area contributed by atoms with E-state index in [1.807, 2.05) is 121 Å². The molecule has 2 N–H and O–H groups in total. The number of thioether (sulfide) groups is 2. The average molecular weight is 1180 g/mol. The number of carbonyl (C=O) groups excluding carboxylic acids is 4. The van der Waals surface area contributed by atoms with E-state index in [0.29, 0.717) is 22.6 Å². The van der Waals surface area contributed by atoms with E-state index in [2.05, 4.69) is 64.1 Å². The molecule has 8 aromatic rings. The molecule has 0 aliphatic rings. The summed E-state index contributed by atoms with van der Waals surface area (Å²) in [6.07, 6.45) is -3.10. The predicted molar refractivity (Wildman–Crippen MR) is 329 cm³/mol. The SMILES string of the molecule is CO/B=N/C(NC(=O)OCc1ccc(OC(=O)CCSC(c2ccccc2)(c2ccccc2)c2ccc(OC)cc2)c(OC)c1)NC(=O)OCc1ccc(OC(=O)CCSC(c2ccccc2)(c2ccccc2)c2ccc(OC)cc2)c(OC)c1. The summed E-state index contributed by atoms with van der Waals surface area (Å²) in [5.74, 6) is 2.20. The van der Waals surface area contributed by atoms with Crippen LogP contribution < -0.4 is 39.1 Å². The molecule has 19 heteroatoms. The molecule has 0 bridgehead atoms. The van der Waals surface area contributed by atoms with E-state index in [1.165, 1.54) is 21.3 Å². The van der Waals surface area contributed by atoms with Gasteiger partial charge in [-0.2, -0.15) is 0 Å². The third-order valence-electron chi connectivity index (χ3n) is 13.4. The Bertz CT molecular complexity index is 3170.